The Morgan fingerprint density at radius 3 is 2.36 bits per heavy atom. The second-order valence-electron chi connectivity index (χ2n) is 10.6. The molecule has 1 amide bonds. The summed E-state index contributed by atoms with van der Waals surface area (Å²) in [4.78, 5) is 35.0. The fourth-order valence-electron chi connectivity index (χ4n) is 4.81. The van der Waals surface area contributed by atoms with E-state index in [4.69, 9.17) is 17.2 Å². The van der Waals surface area contributed by atoms with Crippen molar-refractivity contribution in [2.24, 2.45) is 17.2 Å². The molecule has 3 aromatic rings. The van der Waals surface area contributed by atoms with Crippen molar-refractivity contribution in [1.29, 1.82) is 0 Å². The number of amides is 1. The molecule has 0 aliphatic rings. The monoisotopic (exact) mass is 590 g/mol. The van der Waals surface area contributed by atoms with Crippen molar-refractivity contribution >= 4 is 22.6 Å². The van der Waals surface area contributed by atoms with Gasteiger partial charge in [-0.25, -0.2) is 0 Å². The van der Waals surface area contributed by atoms with Crippen molar-refractivity contribution in [2.45, 2.75) is 44.1 Å². The van der Waals surface area contributed by atoms with Crippen molar-refractivity contribution < 1.29 is 32.0 Å². The number of benzene rings is 1. The predicted octanol–water partition coefficient (Wildman–Crippen LogP) is 1.84. The maximum Gasteiger partial charge on any atom is 0.573 e. The van der Waals surface area contributed by atoms with E-state index in [1.54, 1.807) is 30.7 Å². The maximum atomic E-state index is 13.5. The molecular weight excluding hydrogens is 551 g/mol. The Hall–Kier alpha value is -3.65. The molecule has 228 valence electrons. The lowest BCUT2D eigenvalue weighted by atomic mass is 9.97. The van der Waals surface area contributed by atoms with Crippen LogP contribution in [0.5, 0.6) is 5.75 Å². The minimum atomic E-state index is -4.82. The van der Waals surface area contributed by atoms with Crippen molar-refractivity contribution in [3.05, 3.63) is 66.1 Å². The highest BCUT2D eigenvalue weighted by atomic mass is 19.4. The molecule has 2 aromatic heterocycles. The topological polar surface area (TPSA) is 159 Å². The number of nitrogens with two attached hydrogens (primary N) is 3. The lowest BCUT2D eigenvalue weighted by Gasteiger charge is -2.34. The summed E-state index contributed by atoms with van der Waals surface area (Å²) in [5.41, 5.74) is 19.6. The van der Waals surface area contributed by atoms with Gasteiger partial charge in [0.15, 0.2) is 5.78 Å². The number of fused-ring (bicyclic) bond motifs is 1. The molecule has 7 N–H and O–H groups in total. The van der Waals surface area contributed by atoms with E-state index in [2.05, 4.69) is 27.1 Å². The molecule has 1 aromatic carbocycles. The Kier molecular flexibility index (Phi) is 11.7. The van der Waals surface area contributed by atoms with E-state index in [1.807, 2.05) is 0 Å². The average molecular weight is 591 g/mol. The standard InChI is InChI=1S/C29H38F3N7O3/c1-39(13-9-33,14-10-34)12-2-3-24(35)28(41)38-26(16-20-4-6-23(7-5-20)42-29(30,31)32)27(40)17-21-15-22-19-36-11-8-25(22)37-18-21/h4-8,11,15,18-19,24,26H,2-3,9-10,12-14,16-17,33-35H2,1H3/p+1/t24-,26-/m0/s1. The second-order valence-corrected chi connectivity index (χ2v) is 10.6. The minimum absolute atomic E-state index is 0.0265. The number of nitrogens with zero attached hydrogens (tertiary/aromatic N) is 3. The van der Waals surface area contributed by atoms with Crippen LogP contribution in [0.15, 0.2) is 55.0 Å². The number of ketones is 1. The van der Waals surface area contributed by atoms with Gasteiger partial charge in [0.2, 0.25) is 5.91 Å². The first-order chi connectivity index (χ1) is 19.9. The van der Waals surface area contributed by atoms with Gasteiger partial charge < -0.3 is 31.7 Å². The predicted molar refractivity (Wildman–Crippen MR) is 153 cm³/mol. The Bertz CT molecular complexity index is 1320. The van der Waals surface area contributed by atoms with Gasteiger partial charge in [-0.3, -0.25) is 19.6 Å². The van der Waals surface area contributed by atoms with Crippen LogP contribution in [0.4, 0.5) is 13.2 Å². The number of hydrogen-bond donors (Lipinski definition) is 4. The molecule has 0 radical (unpaired) electrons. The first-order valence-corrected chi connectivity index (χ1v) is 13.8. The summed E-state index contributed by atoms with van der Waals surface area (Å²) in [6.07, 6.45) is 1.10. The zero-order valence-electron chi connectivity index (χ0n) is 23.6. The van der Waals surface area contributed by atoms with Gasteiger partial charge in [-0.15, -0.1) is 13.2 Å². The third-order valence-electron chi connectivity index (χ3n) is 7.11. The van der Waals surface area contributed by atoms with Crippen LogP contribution in [0.1, 0.15) is 24.0 Å². The highest BCUT2D eigenvalue weighted by Gasteiger charge is 2.31. The smallest absolute Gasteiger partial charge is 0.406 e. The van der Waals surface area contributed by atoms with Gasteiger partial charge >= 0.3 is 6.36 Å². The molecular formula is C29H39F3N7O3+. The molecule has 0 saturated carbocycles. The molecule has 3 rings (SSSR count). The van der Waals surface area contributed by atoms with Crippen molar-refractivity contribution in [1.82, 2.24) is 15.3 Å². The van der Waals surface area contributed by atoms with Gasteiger partial charge in [-0.05, 0) is 54.7 Å². The number of carbonyl (C=O) groups is 2. The molecule has 0 unspecified atom stereocenters. The number of quaternary nitrogens is 1. The zero-order chi connectivity index (χ0) is 30.8. The van der Waals surface area contributed by atoms with E-state index in [1.165, 1.54) is 12.1 Å². The molecule has 0 fully saturated rings. The number of Topliss-reactive ketones (excluding diaryl/α,β-unsaturated/α-hetero) is 1. The average Bonchev–Trinajstić information content (AvgIpc) is 2.93. The first kappa shape index (κ1) is 32.9. The summed E-state index contributed by atoms with van der Waals surface area (Å²) < 4.78 is 42.3. The van der Waals surface area contributed by atoms with E-state index in [0.29, 0.717) is 41.5 Å². The SMILES string of the molecule is C[N+](CCN)(CCN)CCC[C@H](N)C(=O)N[C@@H](Cc1ccc(OC(F)(F)F)cc1)C(=O)Cc1cnc2ccncc2c1. The minimum Gasteiger partial charge on any atom is -0.406 e. The number of likely N-dealkylation sites (N-methyl/N-ethyl adjacent to an activating group) is 1. The number of halogens is 3. The van der Waals surface area contributed by atoms with E-state index in [0.717, 1.165) is 42.7 Å². The van der Waals surface area contributed by atoms with Crippen LogP contribution >= 0.6 is 0 Å². The van der Waals surface area contributed by atoms with Gasteiger partial charge in [-0.1, -0.05) is 12.1 Å². The van der Waals surface area contributed by atoms with E-state index >= 15 is 0 Å². The van der Waals surface area contributed by atoms with Crippen molar-refractivity contribution in [2.75, 3.05) is 39.8 Å². The largest absolute Gasteiger partial charge is 0.573 e. The van der Waals surface area contributed by atoms with Gasteiger partial charge in [0.05, 0.1) is 44.3 Å². The number of aromatic nitrogens is 2. The summed E-state index contributed by atoms with van der Waals surface area (Å²) in [6.45, 7) is 3.27. The Labute approximate surface area is 243 Å². The van der Waals surface area contributed by atoms with E-state index < -0.39 is 24.4 Å². The summed E-state index contributed by atoms with van der Waals surface area (Å²) in [5, 5.41) is 3.53. The van der Waals surface area contributed by atoms with Crippen LogP contribution in [0.3, 0.4) is 0 Å². The fourth-order valence-corrected chi connectivity index (χ4v) is 4.81. The van der Waals surface area contributed by atoms with Gasteiger partial charge in [0, 0.05) is 43.5 Å². The first-order valence-electron chi connectivity index (χ1n) is 13.8. The number of ether oxygens (including phenoxy) is 1. The fraction of sp³-hybridized carbons (Fsp3) is 0.448. The number of nitrogens with one attached hydrogen (secondary N) is 1. The maximum absolute atomic E-state index is 13.5. The summed E-state index contributed by atoms with van der Waals surface area (Å²) in [5.74, 6) is -1.17. The quantitative estimate of drug-likeness (QED) is 0.184. The van der Waals surface area contributed by atoms with Crippen molar-refractivity contribution in [3.8, 4) is 5.75 Å². The Morgan fingerprint density at radius 1 is 1.02 bits per heavy atom. The van der Waals surface area contributed by atoms with Crippen LogP contribution < -0.4 is 27.3 Å². The van der Waals surface area contributed by atoms with Gasteiger partial charge in [0.1, 0.15) is 5.75 Å². The number of rotatable bonds is 16. The van der Waals surface area contributed by atoms with Crippen molar-refractivity contribution in [3.63, 3.8) is 0 Å². The number of hydrogen-bond acceptors (Lipinski definition) is 8. The van der Waals surface area contributed by atoms with Gasteiger partial charge in [-0.2, -0.15) is 0 Å². The zero-order valence-corrected chi connectivity index (χ0v) is 23.6. The van der Waals surface area contributed by atoms with Crippen LogP contribution in [0, 0.1) is 0 Å². The van der Waals surface area contributed by atoms with Crippen LogP contribution in [-0.4, -0.2) is 84.4 Å². The lowest BCUT2D eigenvalue weighted by molar-refractivity contribution is -0.907. The molecule has 42 heavy (non-hydrogen) atoms. The van der Waals surface area contributed by atoms with Gasteiger partial charge in [0.25, 0.3) is 0 Å². The third-order valence-corrected chi connectivity index (χ3v) is 7.11. The lowest BCUT2D eigenvalue weighted by Crippen LogP contribution is -2.52. The Balaban J connectivity index is 1.71. The van der Waals surface area contributed by atoms with E-state index in [-0.39, 0.29) is 24.4 Å². The highest BCUT2D eigenvalue weighted by molar-refractivity contribution is 5.92. The molecule has 0 saturated heterocycles. The third kappa shape index (κ3) is 10.3. The molecule has 13 heteroatoms. The highest BCUT2D eigenvalue weighted by Crippen LogP contribution is 2.23. The second kappa shape index (κ2) is 15.0. The molecule has 2 heterocycles. The molecule has 0 aliphatic carbocycles. The van der Waals surface area contributed by atoms with Crippen LogP contribution in [-0.2, 0) is 22.4 Å². The normalized spacial score (nSPS) is 13.5. The summed E-state index contributed by atoms with van der Waals surface area (Å²) in [6, 6.07) is 6.89. The number of alkyl halides is 3. The Morgan fingerprint density at radius 2 is 1.71 bits per heavy atom. The molecule has 0 spiro atoms. The molecule has 10 nitrogen and oxygen atoms in total. The molecule has 2 atom stereocenters. The summed E-state index contributed by atoms with van der Waals surface area (Å²) in [7, 11) is 2.06. The summed E-state index contributed by atoms with van der Waals surface area (Å²) >= 11 is 0. The van der Waals surface area contributed by atoms with Crippen LogP contribution in [0.2, 0.25) is 0 Å². The molecule has 0 bridgehead atoms. The molecule has 0 aliphatic heterocycles. The number of carbonyl (C=O) groups excluding carboxylic acids is 2. The van der Waals surface area contributed by atoms with E-state index in [9.17, 15) is 22.8 Å². The van der Waals surface area contributed by atoms with Crippen LogP contribution in [0.25, 0.3) is 10.9 Å². The number of pyridine rings is 2.